The maximum atomic E-state index is 6.06. The van der Waals surface area contributed by atoms with Crippen LogP contribution in [0.3, 0.4) is 0 Å². The number of benzene rings is 1. The van der Waals surface area contributed by atoms with E-state index in [4.69, 9.17) is 17.2 Å². The predicted molar refractivity (Wildman–Crippen MR) is 127 cm³/mol. The van der Waals surface area contributed by atoms with Gasteiger partial charge in [0.1, 0.15) is 4.99 Å². The normalized spacial score (nSPS) is 18.7. The molecule has 0 atom stereocenters. The highest BCUT2D eigenvalue weighted by molar-refractivity contribution is 7.80. The Morgan fingerprint density at radius 1 is 1.13 bits per heavy atom. The van der Waals surface area contributed by atoms with E-state index in [0.717, 1.165) is 41.9 Å². The van der Waals surface area contributed by atoms with E-state index >= 15 is 0 Å². The standard InChI is InChI=1S/C24H31N5S/c1-2-17-29(23-27-21(18-25-28-23)19-11-5-3-6-12-19)24(15-9-10-16-24)22(30)26-20-13-7-4-8-14-20/h2-3,5-6,11-12,18,20H,1,4,7-10,13-17H2,(H,26,30). The summed E-state index contributed by atoms with van der Waals surface area (Å²) in [5.41, 5.74) is 1.60. The topological polar surface area (TPSA) is 53.9 Å². The number of aromatic nitrogens is 3. The van der Waals surface area contributed by atoms with Gasteiger partial charge in [0.15, 0.2) is 0 Å². The molecule has 0 unspecified atom stereocenters. The van der Waals surface area contributed by atoms with E-state index in [1.54, 1.807) is 6.20 Å². The minimum atomic E-state index is -0.266. The van der Waals surface area contributed by atoms with E-state index in [1.807, 2.05) is 36.4 Å². The Kier molecular flexibility index (Phi) is 6.72. The average Bonchev–Trinajstić information content (AvgIpc) is 3.30. The van der Waals surface area contributed by atoms with Gasteiger partial charge in [0.2, 0.25) is 5.95 Å². The lowest BCUT2D eigenvalue weighted by Gasteiger charge is -2.42. The fraction of sp³-hybridized carbons (Fsp3) is 0.500. The molecule has 30 heavy (non-hydrogen) atoms. The van der Waals surface area contributed by atoms with Gasteiger partial charge < -0.3 is 10.2 Å². The molecule has 2 aliphatic rings. The molecule has 5 nitrogen and oxygen atoms in total. The van der Waals surface area contributed by atoms with Gasteiger partial charge in [0.25, 0.3) is 0 Å². The second kappa shape index (κ2) is 9.65. The highest BCUT2D eigenvalue weighted by Crippen LogP contribution is 2.39. The Labute approximate surface area is 185 Å². The first-order chi connectivity index (χ1) is 14.7. The van der Waals surface area contributed by atoms with E-state index in [-0.39, 0.29) is 5.54 Å². The van der Waals surface area contributed by atoms with Crippen LogP contribution < -0.4 is 10.2 Å². The van der Waals surface area contributed by atoms with Crippen molar-refractivity contribution < 1.29 is 0 Å². The van der Waals surface area contributed by atoms with Gasteiger partial charge in [0, 0.05) is 18.2 Å². The molecule has 4 rings (SSSR count). The quantitative estimate of drug-likeness (QED) is 0.496. The van der Waals surface area contributed by atoms with Crippen molar-refractivity contribution in [3.8, 4) is 11.3 Å². The van der Waals surface area contributed by atoms with E-state index in [1.165, 1.54) is 32.1 Å². The third-order valence-corrected chi connectivity index (χ3v) is 6.98. The Balaban J connectivity index is 1.65. The van der Waals surface area contributed by atoms with Gasteiger partial charge in [-0.25, -0.2) is 4.98 Å². The number of rotatable bonds is 7. The number of thiocarbonyl (C=S) groups is 1. The van der Waals surface area contributed by atoms with E-state index < -0.39 is 0 Å². The number of nitrogens with zero attached hydrogens (tertiary/aromatic N) is 4. The van der Waals surface area contributed by atoms with E-state index in [0.29, 0.717) is 18.5 Å². The van der Waals surface area contributed by atoms with Crippen molar-refractivity contribution >= 4 is 23.2 Å². The van der Waals surface area contributed by atoms with Gasteiger partial charge in [-0.1, -0.05) is 80.7 Å². The molecular weight excluding hydrogens is 390 g/mol. The molecule has 0 bridgehead atoms. The van der Waals surface area contributed by atoms with Crippen molar-refractivity contribution in [2.24, 2.45) is 0 Å². The molecule has 2 saturated carbocycles. The molecule has 1 aromatic heterocycles. The van der Waals surface area contributed by atoms with Crippen LogP contribution in [0.15, 0.2) is 49.2 Å². The summed E-state index contributed by atoms with van der Waals surface area (Å²) in [5, 5.41) is 12.5. The molecular formula is C24H31N5S. The summed E-state index contributed by atoms with van der Waals surface area (Å²) in [6.07, 6.45) is 14.3. The van der Waals surface area contributed by atoms with Gasteiger partial charge >= 0.3 is 0 Å². The monoisotopic (exact) mass is 421 g/mol. The average molecular weight is 422 g/mol. The van der Waals surface area contributed by atoms with Crippen LogP contribution in [-0.2, 0) is 0 Å². The van der Waals surface area contributed by atoms with Gasteiger partial charge in [-0.3, -0.25) is 0 Å². The minimum absolute atomic E-state index is 0.266. The van der Waals surface area contributed by atoms with Crippen molar-refractivity contribution in [1.29, 1.82) is 0 Å². The Bertz CT molecular complexity index is 857. The molecule has 0 aliphatic heterocycles. The first kappa shape index (κ1) is 20.9. The fourth-order valence-corrected chi connectivity index (χ4v) is 5.36. The van der Waals surface area contributed by atoms with Crippen LogP contribution in [0, 0.1) is 0 Å². The molecule has 158 valence electrons. The highest BCUT2D eigenvalue weighted by Gasteiger charge is 2.45. The zero-order valence-electron chi connectivity index (χ0n) is 17.6. The molecule has 1 heterocycles. The molecule has 0 amide bonds. The van der Waals surface area contributed by atoms with Crippen molar-refractivity contribution in [2.45, 2.75) is 69.4 Å². The Hall–Kier alpha value is -2.34. The molecule has 0 radical (unpaired) electrons. The third kappa shape index (κ3) is 4.38. The summed E-state index contributed by atoms with van der Waals surface area (Å²) in [4.78, 5) is 8.09. The molecule has 2 aromatic rings. The SMILES string of the molecule is C=CCN(c1nncc(-c2ccccc2)n1)C1(C(=S)NC2CCCCC2)CCCC1. The smallest absolute Gasteiger partial charge is 0.247 e. The molecule has 1 aromatic carbocycles. The van der Waals surface area contributed by atoms with Crippen LogP contribution in [0.1, 0.15) is 57.8 Å². The number of anilines is 1. The first-order valence-corrected chi connectivity index (χ1v) is 11.6. The molecule has 2 fully saturated rings. The van der Waals surface area contributed by atoms with E-state index in [2.05, 4.69) is 27.0 Å². The lowest BCUT2D eigenvalue weighted by molar-refractivity contribution is 0.402. The maximum absolute atomic E-state index is 6.06. The molecule has 2 aliphatic carbocycles. The number of hydrogen-bond acceptors (Lipinski definition) is 5. The molecule has 0 spiro atoms. The fourth-order valence-electron chi connectivity index (χ4n) is 4.88. The van der Waals surface area contributed by atoms with Gasteiger partial charge in [-0.05, 0) is 25.7 Å². The van der Waals surface area contributed by atoms with Crippen LogP contribution in [0.25, 0.3) is 11.3 Å². The van der Waals surface area contributed by atoms with Crippen LogP contribution in [0.5, 0.6) is 0 Å². The third-order valence-electron chi connectivity index (χ3n) is 6.48. The van der Waals surface area contributed by atoms with Crippen LogP contribution in [-0.4, -0.2) is 38.3 Å². The Morgan fingerprint density at radius 3 is 2.57 bits per heavy atom. The summed E-state index contributed by atoms with van der Waals surface area (Å²) < 4.78 is 0. The lowest BCUT2D eigenvalue weighted by Crippen LogP contribution is -2.59. The number of nitrogens with one attached hydrogen (secondary N) is 1. The highest BCUT2D eigenvalue weighted by atomic mass is 32.1. The maximum Gasteiger partial charge on any atom is 0.247 e. The van der Waals surface area contributed by atoms with Crippen molar-refractivity contribution in [3.63, 3.8) is 0 Å². The van der Waals surface area contributed by atoms with Crippen molar-refractivity contribution in [2.75, 3.05) is 11.4 Å². The van der Waals surface area contributed by atoms with Gasteiger partial charge in [0.05, 0.1) is 17.4 Å². The van der Waals surface area contributed by atoms with E-state index in [9.17, 15) is 0 Å². The second-order valence-corrected chi connectivity index (χ2v) is 8.86. The predicted octanol–water partition coefficient (Wildman–Crippen LogP) is 5.09. The minimum Gasteiger partial charge on any atom is -0.375 e. The summed E-state index contributed by atoms with van der Waals surface area (Å²) in [7, 11) is 0. The zero-order valence-corrected chi connectivity index (χ0v) is 18.4. The lowest BCUT2D eigenvalue weighted by atomic mass is 9.91. The van der Waals surface area contributed by atoms with Crippen LogP contribution in [0.4, 0.5) is 5.95 Å². The Morgan fingerprint density at radius 2 is 1.87 bits per heavy atom. The second-order valence-electron chi connectivity index (χ2n) is 8.45. The summed E-state index contributed by atoms with van der Waals surface area (Å²) in [6.45, 7) is 4.65. The molecule has 0 saturated heterocycles. The zero-order chi connectivity index (χ0) is 20.8. The van der Waals surface area contributed by atoms with Crippen molar-refractivity contribution in [3.05, 3.63) is 49.2 Å². The van der Waals surface area contributed by atoms with Crippen LogP contribution in [0.2, 0.25) is 0 Å². The largest absolute Gasteiger partial charge is 0.375 e. The number of hydrogen-bond donors (Lipinski definition) is 1. The van der Waals surface area contributed by atoms with Gasteiger partial charge in [-0.2, -0.15) is 5.10 Å². The summed E-state index contributed by atoms with van der Waals surface area (Å²) in [6, 6.07) is 10.6. The molecule has 6 heteroatoms. The summed E-state index contributed by atoms with van der Waals surface area (Å²) >= 11 is 6.06. The van der Waals surface area contributed by atoms with Crippen molar-refractivity contribution in [1.82, 2.24) is 20.5 Å². The summed E-state index contributed by atoms with van der Waals surface area (Å²) in [5.74, 6) is 0.631. The van der Waals surface area contributed by atoms with Crippen LogP contribution >= 0.6 is 12.2 Å². The molecule has 1 N–H and O–H groups in total. The first-order valence-electron chi connectivity index (χ1n) is 11.2. The van der Waals surface area contributed by atoms with Gasteiger partial charge in [-0.15, -0.1) is 11.7 Å².